The fraction of sp³-hybridized carbons (Fsp3) is 0.143. The summed E-state index contributed by atoms with van der Waals surface area (Å²) in [5.74, 6) is -0.318. The summed E-state index contributed by atoms with van der Waals surface area (Å²) in [6.07, 6.45) is 0.509. The van der Waals surface area contributed by atoms with Gasteiger partial charge in [0.1, 0.15) is 17.4 Å². The summed E-state index contributed by atoms with van der Waals surface area (Å²) in [5.41, 5.74) is 1.29. The van der Waals surface area contributed by atoms with E-state index < -0.39 is 5.97 Å². The molecule has 0 saturated carbocycles. The predicted octanol–water partition coefficient (Wildman–Crippen LogP) is 4.68. The first-order valence-corrected chi connectivity index (χ1v) is 9.29. The molecule has 0 amide bonds. The number of carbonyl (C=O) groups is 1. The van der Waals surface area contributed by atoms with Crippen molar-refractivity contribution in [3.05, 3.63) is 97.9 Å². The van der Waals surface area contributed by atoms with Gasteiger partial charge in [-0.25, -0.2) is 4.79 Å². The van der Waals surface area contributed by atoms with Crippen molar-refractivity contribution >= 4 is 29.2 Å². The van der Waals surface area contributed by atoms with Gasteiger partial charge in [-0.05, 0) is 42.3 Å². The lowest BCUT2D eigenvalue weighted by Crippen LogP contribution is -2.26. The lowest BCUT2D eigenvalue weighted by molar-refractivity contribution is 0.0697. The fourth-order valence-corrected chi connectivity index (χ4v) is 3.28. The summed E-state index contributed by atoms with van der Waals surface area (Å²) in [5, 5.41) is 9.37. The van der Waals surface area contributed by atoms with Crippen LogP contribution in [-0.2, 0) is 19.6 Å². The minimum atomic E-state index is -0.982. The summed E-state index contributed by atoms with van der Waals surface area (Å²) in [4.78, 5) is 23.5. The first-order valence-electron chi connectivity index (χ1n) is 8.53. The highest BCUT2D eigenvalue weighted by atomic mass is 35.5. The third-order valence-corrected chi connectivity index (χ3v) is 4.85. The van der Waals surface area contributed by atoms with Crippen molar-refractivity contribution in [2.45, 2.75) is 19.6 Å². The molecule has 1 aromatic heterocycles. The summed E-state index contributed by atoms with van der Waals surface area (Å²) < 4.78 is 7.25. The number of para-hydroxylation sites is 1. The van der Waals surface area contributed by atoms with E-state index >= 15 is 0 Å². The van der Waals surface area contributed by atoms with Crippen LogP contribution in [-0.4, -0.2) is 15.6 Å². The molecule has 144 valence electrons. The molecule has 0 unspecified atom stereocenters. The van der Waals surface area contributed by atoms with Crippen LogP contribution in [0.15, 0.2) is 65.5 Å². The number of aromatic nitrogens is 1. The van der Waals surface area contributed by atoms with Crippen LogP contribution in [0.25, 0.3) is 0 Å². The Bertz CT molecular complexity index is 1030. The maximum Gasteiger partial charge on any atom is 0.335 e. The Kier molecular flexibility index (Phi) is 6.39. The zero-order valence-electron chi connectivity index (χ0n) is 14.8. The minimum absolute atomic E-state index is 0.0367. The normalized spacial score (nSPS) is 10.6. The van der Waals surface area contributed by atoms with Gasteiger partial charge in [-0.1, -0.05) is 53.5 Å². The molecule has 3 aromatic rings. The molecule has 0 saturated heterocycles. The van der Waals surface area contributed by atoms with Gasteiger partial charge in [-0.2, -0.15) is 0 Å². The van der Waals surface area contributed by atoms with Crippen molar-refractivity contribution < 1.29 is 14.6 Å². The maximum absolute atomic E-state index is 12.6. The quantitative estimate of drug-likeness (QED) is 0.605. The van der Waals surface area contributed by atoms with E-state index in [1.54, 1.807) is 12.1 Å². The first kappa shape index (κ1) is 20.0. The van der Waals surface area contributed by atoms with E-state index in [-0.39, 0.29) is 22.8 Å². The summed E-state index contributed by atoms with van der Waals surface area (Å²) in [6, 6.07) is 17.2. The number of hydrogen-bond acceptors (Lipinski definition) is 3. The third kappa shape index (κ3) is 4.74. The van der Waals surface area contributed by atoms with Gasteiger partial charge in [0.25, 0.3) is 5.56 Å². The zero-order valence-corrected chi connectivity index (χ0v) is 16.3. The minimum Gasteiger partial charge on any atom is -0.487 e. The highest BCUT2D eigenvalue weighted by Gasteiger charge is 2.14. The monoisotopic (exact) mass is 417 g/mol. The molecule has 0 aliphatic heterocycles. The molecule has 0 bridgehead atoms. The van der Waals surface area contributed by atoms with Crippen LogP contribution in [0.2, 0.25) is 10.0 Å². The molecule has 28 heavy (non-hydrogen) atoms. The lowest BCUT2D eigenvalue weighted by atomic mass is 10.1. The molecule has 7 heteroatoms. The molecule has 0 aliphatic carbocycles. The number of aromatic carboxylic acids is 1. The number of ether oxygens (including phenoxy) is 1. The molecule has 1 N–H and O–H groups in total. The number of carboxylic acid groups (broad SMARTS) is 1. The molecule has 5 nitrogen and oxygen atoms in total. The summed E-state index contributed by atoms with van der Waals surface area (Å²) in [7, 11) is 0. The number of rotatable bonds is 7. The van der Waals surface area contributed by atoms with Crippen LogP contribution < -0.4 is 10.3 Å². The van der Waals surface area contributed by atoms with Gasteiger partial charge in [0.2, 0.25) is 0 Å². The van der Waals surface area contributed by atoms with Crippen molar-refractivity contribution in [2.24, 2.45) is 0 Å². The number of nitrogens with zero attached hydrogens (tertiary/aromatic N) is 1. The largest absolute Gasteiger partial charge is 0.487 e. The average molecular weight is 418 g/mol. The SMILES string of the molecule is O=C(O)c1ccc(CCn2c(COc3ccccc3)c(Cl)cc(Cl)c2=O)cc1. The molecule has 1 heterocycles. The van der Waals surface area contributed by atoms with Crippen molar-refractivity contribution in [3.8, 4) is 5.75 Å². The number of aryl methyl sites for hydroxylation is 1. The standard InChI is InChI=1S/C21H17Cl2NO4/c22-17-12-18(23)20(25)24(19(17)13-28-16-4-2-1-3-5-16)11-10-14-6-8-15(9-7-14)21(26)27/h1-9,12H,10-11,13H2,(H,26,27). The Hall–Kier alpha value is -2.76. The van der Waals surface area contributed by atoms with E-state index in [2.05, 4.69) is 0 Å². The number of hydrogen-bond donors (Lipinski definition) is 1. The van der Waals surface area contributed by atoms with Crippen LogP contribution in [0.3, 0.4) is 0 Å². The van der Waals surface area contributed by atoms with Gasteiger partial charge in [-0.15, -0.1) is 0 Å². The van der Waals surface area contributed by atoms with E-state index in [4.69, 9.17) is 33.0 Å². The molecule has 0 spiro atoms. The Labute approximate surface area is 171 Å². The molecule has 0 radical (unpaired) electrons. The molecular weight excluding hydrogens is 401 g/mol. The van der Waals surface area contributed by atoms with E-state index in [9.17, 15) is 9.59 Å². The van der Waals surface area contributed by atoms with Crippen LogP contribution >= 0.6 is 23.2 Å². The Balaban J connectivity index is 1.82. The number of carboxylic acids is 1. The van der Waals surface area contributed by atoms with Gasteiger partial charge < -0.3 is 14.4 Å². The number of benzene rings is 2. The van der Waals surface area contributed by atoms with E-state index in [1.807, 2.05) is 30.3 Å². The average Bonchev–Trinajstić information content (AvgIpc) is 2.70. The van der Waals surface area contributed by atoms with E-state index in [0.29, 0.717) is 29.4 Å². The predicted molar refractivity (Wildman–Crippen MR) is 109 cm³/mol. The fourth-order valence-electron chi connectivity index (χ4n) is 2.74. The molecule has 0 fully saturated rings. The molecule has 2 aromatic carbocycles. The highest BCUT2D eigenvalue weighted by Crippen LogP contribution is 2.21. The topological polar surface area (TPSA) is 68.5 Å². The second-order valence-corrected chi connectivity index (χ2v) is 6.91. The van der Waals surface area contributed by atoms with Crippen molar-refractivity contribution in [1.29, 1.82) is 0 Å². The molecule has 0 atom stereocenters. The second-order valence-electron chi connectivity index (χ2n) is 6.10. The smallest absolute Gasteiger partial charge is 0.335 e. The van der Waals surface area contributed by atoms with Crippen molar-refractivity contribution in [2.75, 3.05) is 0 Å². The Morgan fingerprint density at radius 1 is 1.00 bits per heavy atom. The van der Waals surface area contributed by atoms with Crippen LogP contribution in [0, 0.1) is 0 Å². The van der Waals surface area contributed by atoms with Crippen molar-refractivity contribution in [1.82, 2.24) is 4.57 Å². The number of pyridine rings is 1. The van der Waals surface area contributed by atoms with Gasteiger partial charge in [0.15, 0.2) is 0 Å². The second kappa shape index (κ2) is 8.95. The molecule has 0 aliphatic rings. The van der Waals surface area contributed by atoms with Gasteiger partial charge in [0.05, 0.1) is 16.3 Å². The lowest BCUT2D eigenvalue weighted by Gasteiger charge is -2.16. The highest BCUT2D eigenvalue weighted by molar-refractivity contribution is 6.34. The van der Waals surface area contributed by atoms with Gasteiger partial charge >= 0.3 is 5.97 Å². The number of halogens is 2. The summed E-state index contributed by atoms with van der Waals surface area (Å²) in [6.45, 7) is 0.451. The Morgan fingerprint density at radius 3 is 2.32 bits per heavy atom. The third-order valence-electron chi connectivity index (χ3n) is 4.25. The zero-order chi connectivity index (χ0) is 20.1. The summed E-state index contributed by atoms with van der Waals surface area (Å²) >= 11 is 12.3. The Morgan fingerprint density at radius 2 is 1.68 bits per heavy atom. The van der Waals surface area contributed by atoms with Crippen LogP contribution in [0.4, 0.5) is 0 Å². The van der Waals surface area contributed by atoms with Crippen molar-refractivity contribution in [3.63, 3.8) is 0 Å². The van der Waals surface area contributed by atoms with E-state index in [0.717, 1.165) is 5.56 Å². The van der Waals surface area contributed by atoms with Gasteiger partial charge in [0, 0.05) is 6.54 Å². The van der Waals surface area contributed by atoms with E-state index in [1.165, 1.54) is 22.8 Å². The van der Waals surface area contributed by atoms with Crippen LogP contribution in [0.1, 0.15) is 21.6 Å². The molecular formula is C21H17Cl2NO4. The van der Waals surface area contributed by atoms with Crippen LogP contribution in [0.5, 0.6) is 5.75 Å². The molecule has 3 rings (SSSR count). The van der Waals surface area contributed by atoms with Gasteiger partial charge in [-0.3, -0.25) is 4.79 Å². The maximum atomic E-state index is 12.6. The first-order chi connectivity index (χ1) is 13.5.